The number of nitrogens with zero attached hydrogens (tertiary/aromatic N) is 2. The molecule has 1 aromatic carbocycles. The highest BCUT2D eigenvalue weighted by molar-refractivity contribution is 7.89. The van der Waals surface area contributed by atoms with Crippen molar-refractivity contribution in [1.29, 1.82) is 0 Å². The Labute approximate surface area is 184 Å². The minimum atomic E-state index is -3.81. The van der Waals surface area contributed by atoms with Gasteiger partial charge in [0.05, 0.1) is 11.6 Å². The summed E-state index contributed by atoms with van der Waals surface area (Å²) in [4.78, 5) is 28.3. The monoisotopic (exact) mass is 471 g/mol. The van der Waals surface area contributed by atoms with Gasteiger partial charge in [-0.05, 0) is 38.0 Å². The lowest BCUT2D eigenvalue weighted by Crippen LogP contribution is -2.32. The number of amides is 1. The fourth-order valence-electron chi connectivity index (χ4n) is 3.06. The molecule has 1 saturated heterocycles. The van der Waals surface area contributed by atoms with E-state index in [9.17, 15) is 18.0 Å². The van der Waals surface area contributed by atoms with Gasteiger partial charge in [0, 0.05) is 24.0 Å². The van der Waals surface area contributed by atoms with Gasteiger partial charge in [0.25, 0.3) is 5.91 Å². The van der Waals surface area contributed by atoms with Gasteiger partial charge in [-0.2, -0.15) is 4.31 Å². The van der Waals surface area contributed by atoms with Crippen LogP contribution in [0.3, 0.4) is 0 Å². The lowest BCUT2D eigenvalue weighted by Gasteiger charge is -2.21. The highest BCUT2D eigenvalue weighted by Crippen LogP contribution is 2.28. The Morgan fingerprint density at radius 3 is 2.60 bits per heavy atom. The second kappa shape index (κ2) is 9.86. The van der Waals surface area contributed by atoms with Crippen molar-refractivity contribution in [2.45, 2.75) is 37.5 Å². The first-order valence-corrected chi connectivity index (χ1v) is 12.3. The van der Waals surface area contributed by atoms with Crippen LogP contribution in [0.5, 0.6) is 0 Å². The van der Waals surface area contributed by atoms with E-state index in [1.165, 1.54) is 27.9 Å². The highest BCUT2D eigenvalue weighted by atomic mass is 35.5. The first kappa shape index (κ1) is 22.7. The molecular formula is C19H22ClN3O5S2. The largest absolute Gasteiger partial charge is 0.461 e. The van der Waals surface area contributed by atoms with Crippen LogP contribution in [0, 0.1) is 0 Å². The fourth-order valence-corrected chi connectivity index (χ4v) is 5.75. The van der Waals surface area contributed by atoms with E-state index in [2.05, 4.69) is 10.3 Å². The number of hydrogen-bond donors (Lipinski definition) is 1. The Bertz CT molecular complexity index is 1030. The number of benzene rings is 1. The molecule has 3 rings (SSSR count). The van der Waals surface area contributed by atoms with Gasteiger partial charge in [0.1, 0.15) is 4.90 Å². The summed E-state index contributed by atoms with van der Waals surface area (Å²) in [5.41, 5.74) is 0.221. The highest BCUT2D eigenvalue weighted by Gasteiger charge is 2.28. The average molecular weight is 472 g/mol. The minimum absolute atomic E-state index is 0.0645. The van der Waals surface area contributed by atoms with E-state index in [4.69, 9.17) is 16.3 Å². The van der Waals surface area contributed by atoms with Crippen LogP contribution < -0.4 is 5.32 Å². The fraction of sp³-hybridized carbons (Fsp3) is 0.421. The summed E-state index contributed by atoms with van der Waals surface area (Å²) in [6.45, 7) is 2.78. The number of ether oxygens (including phenoxy) is 1. The Kier molecular flexibility index (Phi) is 7.45. The zero-order chi connectivity index (χ0) is 21.7. The lowest BCUT2D eigenvalue weighted by atomic mass is 10.2. The van der Waals surface area contributed by atoms with Crippen molar-refractivity contribution < 1.29 is 22.7 Å². The van der Waals surface area contributed by atoms with Crippen molar-refractivity contribution in [1.82, 2.24) is 9.29 Å². The van der Waals surface area contributed by atoms with E-state index in [1.807, 2.05) is 0 Å². The quantitative estimate of drug-likeness (QED) is 0.642. The maximum Gasteiger partial charge on any atom is 0.357 e. The van der Waals surface area contributed by atoms with Crippen LogP contribution in [0.2, 0.25) is 5.02 Å². The molecule has 1 aromatic heterocycles. The number of esters is 1. The van der Waals surface area contributed by atoms with Crippen molar-refractivity contribution >= 4 is 50.0 Å². The molecule has 1 N–H and O–H groups in total. The number of aromatic nitrogens is 1. The lowest BCUT2D eigenvalue weighted by molar-refractivity contribution is 0.0520. The molecule has 11 heteroatoms. The molecule has 2 heterocycles. The smallest absolute Gasteiger partial charge is 0.357 e. The molecule has 162 valence electrons. The second-order valence-corrected chi connectivity index (χ2v) is 9.85. The number of hydrogen-bond acceptors (Lipinski definition) is 7. The van der Waals surface area contributed by atoms with Crippen molar-refractivity contribution in [3.63, 3.8) is 0 Å². The van der Waals surface area contributed by atoms with Crippen LogP contribution in [-0.2, 0) is 14.8 Å². The van der Waals surface area contributed by atoms with Crippen LogP contribution in [0.4, 0.5) is 5.13 Å². The molecule has 30 heavy (non-hydrogen) atoms. The number of anilines is 1. The Hall–Kier alpha value is -2.01. The SMILES string of the molecule is CCOC(=O)c1csc(NC(=O)c2ccc(Cl)c(S(=O)(=O)N3CCCCCC3)c2)n1. The van der Waals surface area contributed by atoms with Gasteiger partial charge in [-0.3, -0.25) is 10.1 Å². The number of halogens is 1. The van der Waals surface area contributed by atoms with Crippen LogP contribution in [0.1, 0.15) is 53.5 Å². The standard InChI is InChI=1S/C19H22ClN3O5S2/c1-2-28-18(25)15-12-29-19(21-15)22-17(24)13-7-8-14(20)16(11-13)30(26,27)23-9-5-3-4-6-10-23/h7-8,11-12H,2-6,9-10H2,1H3,(H,21,22,24). The van der Waals surface area contributed by atoms with Gasteiger partial charge in [-0.1, -0.05) is 24.4 Å². The molecule has 0 saturated carbocycles. The molecule has 8 nitrogen and oxygen atoms in total. The van der Waals surface area contributed by atoms with E-state index in [0.717, 1.165) is 37.0 Å². The predicted octanol–water partition coefficient (Wildman–Crippen LogP) is 3.79. The third-order valence-corrected chi connectivity index (χ3v) is 7.72. The third-order valence-electron chi connectivity index (χ3n) is 4.59. The van der Waals surface area contributed by atoms with Gasteiger partial charge in [0.15, 0.2) is 10.8 Å². The summed E-state index contributed by atoms with van der Waals surface area (Å²) in [5, 5.41) is 4.32. The van der Waals surface area contributed by atoms with Crippen molar-refractivity contribution in [3.05, 3.63) is 39.9 Å². The molecule has 1 amide bonds. The summed E-state index contributed by atoms with van der Waals surface area (Å²) in [5.74, 6) is -1.13. The van der Waals surface area contributed by atoms with E-state index in [1.54, 1.807) is 6.92 Å². The van der Waals surface area contributed by atoms with Crippen LogP contribution in [0.15, 0.2) is 28.5 Å². The summed E-state index contributed by atoms with van der Waals surface area (Å²) in [6, 6.07) is 4.11. The third kappa shape index (κ3) is 5.18. The molecule has 0 spiro atoms. The Balaban J connectivity index is 1.80. The van der Waals surface area contributed by atoms with Crippen LogP contribution >= 0.6 is 22.9 Å². The van der Waals surface area contributed by atoms with E-state index < -0.39 is 21.9 Å². The normalized spacial score (nSPS) is 15.4. The summed E-state index contributed by atoms with van der Waals surface area (Å²) >= 11 is 7.24. The zero-order valence-electron chi connectivity index (χ0n) is 16.4. The predicted molar refractivity (Wildman–Crippen MR) is 115 cm³/mol. The molecule has 0 bridgehead atoms. The molecule has 0 radical (unpaired) electrons. The number of nitrogens with one attached hydrogen (secondary N) is 1. The molecule has 0 atom stereocenters. The van der Waals surface area contributed by atoms with E-state index in [-0.39, 0.29) is 32.9 Å². The van der Waals surface area contributed by atoms with Crippen molar-refractivity contribution in [2.75, 3.05) is 25.0 Å². The minimum Gasteiger partial charge on any atom is -0.461 e. The number of thiazole rings is 1. The van der Waals surface area contributed by atoms with Gasteiger partial charge in [0.2, 0.25) is 10.0 Å². The van der Waals surface area contributed by atoms with Gasteiger partial charge in [-0.25, -0.2) is 18.2 Å². The molecule has 0 aliphatic carbocycles. The molecular weight excluding hydrogens is 450 g/mol. The molecule has 2 aromatic rings. The van der Waals surface area contributed by atoms with Crippen LogP contribution in [0.25, 0.3) is 0 Å². The number of rotatable bonds is 6. The summed E-state index contributed by atoms with van der Waals surface area (Å²) < 4.78 is 32.5. The summed E-state index contributed by atoms with van der Waals surface area (Å²) in [7, 11) is -3.81. The van der Waals surface area contributed by atoms with Crippen molar-refractivity contribution in [3.8, 4) is 0 Å². The number of sulfonamides is 1. The Morgan fingerprint density at radius 2 is 1.93 bits per heavy atom. The number of carbonyl (C=O) groups is 2. The van der Waals surface area contributed by atoms with Gasteiger partial charge >= 0.3 is 5.97 Å². The summed E-state index contributed by atoms with van der Waals surface area (Å²) in [6.07, 6.45) is 3.57. The van der Waals surface area contributed by atoms with E-state index in [0.29, 0.717) is 13.1 Å². The van der Waals surface area contributed by atoms with Gasteiger partial charge < -0.3 is 4.74 Å². The molecule has 1 aliphatic heterocycles. The number of carbonyl (C=O) groups excluding carboxylic acids is 2. The van der Waals surface area contributed by atoms with Crippen molar-refractivity contribution in [2.24, 2.45) is 0 Å². The second-order valence-electron chi connectivity index (χ2n) is 6.68. The Morgan fingerprint density at radius 1 is 1.23 bits per heavy atom. The maximum atomic E-state index is 13.1. The molecule has 1 fully saturated rings. The average Bonchev–Trinajstić information content (AvgIpc) is 2.99. The first-order chi connectivity index (χ1) is 14.3. The molecule has 1 aliphatic rings. The zero-order valence-corrected chi connectivity index (χ0v) is 18.8. The molecule has 0 unspecified atom stereocenters. The van der Waals surface area contributed by atoms with Crippen LogP contribution in [-0.4, -0.2) is 49.3 Å². The maximum absolute atomic E-state index is 13.1. The first-order valence-electron chi connectivity index (χ1n) is 9.56. The topological polar surface area (TPSA) is 106 Å². The van der Waals surface area contributed by atoms with E-state index >= 15 is 0 Å². The van der Waals surface area contributed by atoms with Gasteiger partial charge in [-0.15, -0.1) is 11.3 Å².